The summed E-state index contributed by atoms with van der Waals surface area (Å²) in [5, 5.41) is 0. The number of H-pyrrole nitrogens is 1. The number of hydrogen-bond donors (Lipinski definition) is 1. The number of fused-ring (bicyclic) bond motifs is 2. The Balaban J connectivity index is 1.55. The van der Waals surface area contributed by atoms with Gasteiger partial charge in [0.2, 0.25) is 0 Å². The summed E-state index contributed by atoms with van der Waals surface area (Å²) in [6.45, 7) is 1.91. The van der Waals surface area contributed by atoms with Crippen LogP contribution < -0.4 is 4.74 Å². The molecule has 1 aliphatic heterocycles. The summed E-state index contributed by atoms with van der Waals surface area (Å²) in [4.78, 5) is 28.9. The third-order valence-corrected chi connectivity index (χ3v) is 6.24. The molecule has 0 unspecified atom stereocenters. The Labute approximate surface area is 193 Å². The number of carbonyl (C=O) groups is 1. The quantitative estimate of drug-likeness (QED) is 0.518. The van der Waals surface area contributed by atoms with Gasteiger partial charge in [0.1, 0.15) is 11.3 Å². The van der Waals surface area contributed by atoms with Crippen molar-refractivity contribution in [1.82, 2.24) is 24.8 Å². The second-order valence-electron chi connectivity index (χ2n) is 8.74. The monoisotopic (exact) mass is 441 g/mol. The average molecular weight is 442 g/mol. The van der Waals surface area contributed by atoms with E-state index >= 15 is 0 Å². The molecule has 1 aliphatic rings. The molecule has 7 nitrogen and oxygen atoms in total. The van der Waals surface area contributed by atoms with Crippen LogP contribution in [-0.2, 0) is 13.0 Å². The fourth-order valence-corrected chi connectivity index (χ4v) is 4.40. The number of nitrogens with one attached hydrogen (secondary N) is 1. The molecule has 168 valence electrons. The van der Waals surface area contributed by atoms with Gasteiger partial charge in [0, 0.05) is 55.6 Å². The number of aromatic nitrogens is 3. The first kappa shape index (κ1) is 21.2. The van der Waals surface area contributed by atoms with Gasteiger partial charge >= 0.3 is 0 Å². The lowest BCUT2D eigenvalue weighted by molar-refractivity contribution is 0.0827. The Morgan fingerprint density at radius 3 is 2.67 bits per heavy atom. The first-order valence-electron chi connectivity index (χ1n) is 11.0. The summed E-state index contributed by atoms with van der Waals surface area (Å²) in [6, 6.07) is 11.9. The third kappa shape index (κ3) is 3.85. The van der Waals surface area contributed by atoms with E-state index in [0.717, 1.165) is 58.8 Å². The third-order valence-electron chi connectivity index (χ3n) is 6.24. The highest BCUT2D eigenvalue weighted by atomic mass is 16.5. The van der Waals surface area contributed by atoms with Crippen LogP contribution in [0.15, 0.2) is 48.8 Å². The standard InChI is InChI=1S/C26H27N5O2/c1-30(2)26(32)17-7-5-16(6-8-17)20-13-27-25-24(20)29-22(14-28-25)19-11-18-9-10-31(3)15-21(18)23(12-19)33-4/h5-8,11-14H,9-10,15H2,1-4H3,(H,27,28). The topological polar surface area (TPSA) is 74.3 Å². The van der Waals surface area contributed by atoms with Crippen molar-refractivity contribution in [3.63, 3.8) is 0 Å². The second kappa shape index (κ2) is 8.33. The minimum absolute atomic E-state index is 0.0184. The Kier molecular flexibility index (Phi) is 5.34. The number of nitrogens with zero attached hydrogens (tertiary/aromatic N) is 4. The maximum Gasteiger partial charge on any atom is 0.253 e. The summed E-state index contributed by atoms with van der Waals surface area (Å²) in [5.74, 6) is 0.876. The van der Waals surface area contributed by atoms with E-state index < -0.39 is 0 Å². The Morgan fingerprint density at radius 1 is 1.15 bits per heavy atom. The fourth-order valence-electron chi connectivity index (χ4n) is 4.40. The molecule has 7 heteroatoms. The predicted octanol–water partition coefficient (Wildman–Crippen LogP) is 3.99. The molecule has 0 radical (unpaired) electrons. The first-order valence-corrected chi connectivity index (χ1v) is 11.0. The van der Waals surface area contributed by atoms with Crippen LogP contribution in [0.2, 0.25) is 0 Å². The van der Waals surface area contributed by atoms with Gasteiger partial charge < -0.3 is 19.5 Å². The lowest BCUT2D eigenvalue weighted by atomic mass is 9.95. The first-order chi connectivity index (χ1) is 15.9. The molecule has 3 heterocycles. The van der Waals surface area contributed by atoms with E-state index in [-0.39, 0.29) is 5.91 Å². The Bertz CT molecular complexity index is 1320. The molecule has 4 aromatic rings. The minimum Gasteiger partial charge on any atom is -0.496 e. The molecular weight excluding hydrogens is 414 g/mol. The van der Waals surface area contributed by atoms with E-state index in [9.17, 15) is 4.79 Å². The molecule has 0 fully saturated rings. The van der Waals surface area contributed by atoms with Gasteiger partial charge in [-0.2, -0.15) is 0 Å². The predicted molar refractivity (Wildman–Crippen MR) is 129 cm³/mol. The molecule has 0 spiro atoms. The molecule has 0 saturated heterocycles. The summed E-state index contributed by atoms with van der Waals surface area (Å²) >= 11 is 0. The lowest BCUT2D eigenvalue weighted by Crippen LogP contribution is -2.27. The average Bonchev–Trinajstić information content (AvgIpc) is 3.26. The molecule has 1 N–H and O–H groups in total. The number of rotatable bonds is 4. The smallest absolute Gasteiger partial charge is 0.253 e. The van der Waals surface area contributed by atoms with Crippen molar-refractivity contribution in [2.24, 2.45) is 0 Å². The van der Waals surface area contributed by atoms with Crippen LogP contribution >= 0.6 is 0 Å². The van der Waals surface area contributed by atoms with E-state index in [4.69, 9.17) is 9.72 Å². The van der Waals surface area contributed by atoms with E-state index in [2.05, 4.69) is 34.0 Å². The largest absolute Gasteiger partial charge is 0.496 e. The molecule has 0 saturated carbocycles. The van der Waals surface area contributed by atoms with Gasteiger partial charge in [-0.05, 0) is 48.9 Å². The number of hydrogen-bond acceptors (Lipinski definition) is 5. The van der Waals surface area contributed by atoms with Crippen molar-refractivity contribution in [3.8, 4) is 28.1 Å². The highest BCUT2D eigenvalue weighted by Gasteiger charge is 2.20. The molecule has 2 aromatic heterocycles. The number of methoxy groups -OCH3 is 1. The van der Waals surface area contributed by atoms with Crippen molar-refractivity contribution < 1.29 is 9.53 Å². The molecule has 5 rings (SSSR count). The number of ether oxygens (including phenoxy) is 1. The summed E-state index contributed by atoms with van der Waals surface area (Å²) in [5.41, 5.74) is 8.49. The number of aromatic amines is 1. The zero-order valence-corrected chi connectivity index (χ0v) is 19.3. The van der Waals surface area contributed by atoms with E-state index in [1.165, 1.54) is 11.1 Å². The SMILES string of the molecule is COc1cc(-c2cnc3[nH]cc(-c4ccc(C(=O)N(C)C)cc4)c3n2)cc2c1CN(C)CC2. The summed E-state index contributed by atoms with van der Waals surface area (Å²) in [6.07, 6.45) is 4.71. The van der Waals surface area contributed by atoms with E-state index in [0.29, 0.717) is 5.56 Å². The van der Waals surface area contributed by atoms with Gasteiger partial charge in [-0.3, -0.25) is 4.79 Å². The number of benzene rings is 2. The van der Waals surface area contributed by atoms with Crippen LogP contribution in [0.5, 0.6) is 5.75 Å². The molecule has 0 atom stereocenters. The van der Waals surface area contributed by atoms with Crippen molar-refractivity contribution in [3.05, 3.63) is 65.5 Å². The molecule has 2 aromatic carbocycles. The summed E-state index contributed by atoms with van der Waals surface area (Å²) in [7, 11) is 7.35. The molecule has 0 aliphatic carbocycles. The van der Waals surface area contributed by atoms with Crippen molar-refractivity contribution in [2.45, 2.75) is 13.0 Å². The van der Waals surface area contributed by atoms with Crippen LogP contribution in [0, 0.1) is 0 Å². The molecule has 0 bridgehead atoms. The van der Waals surface area contributed by atoms with Crippen LogP contribution in [0.25, 0.3) is 33.5 Å². The maximum atomic E-state index is 12.2. The second-order valence-corrected chi connectivity index (χ2v) is 8.74. The zero-order chi connectivity index (χ0) is 23.1. The van der Waals surface area contributed by atoms with Crippen molar-refractivity contribution in [1.29, 1.82) is 0 Å². The maximum absolute atomic E-state index is 12.2. The van der Waals surface area contributed by atoms with Gasteiger partial charge in [-0.1, -0.05) is 12.1 Å². The van der Waals surface area contributed by atoms with Gasteiger partial charge in [0.05, 0.1) is 19.0 Å². The fraction of sp³-hybridized carbons (Fsp3) is 0.269. The number of carbonyl (C=O) groups excluding carboxylic acids is 1. The molecular formula is C26H27N5O2. The lowest BCUT2D eigenvalue weighted by Gasteiger charge is -2.27. The van der Waals surface area contributed by atoms with Crippen LogP contribution in [0.3, 0.4) is 0 Å². The summed E-state index contributed by atoms with van der Waals surface area (Å²) < 4.78 is 5.72. The number of amides is 1. The highest BCUT2D eigenvalue weighted by Crippen LogP contribution is 2.34. The van der Waals surface area contributed by atoms with Crippen molar-refractivity contribution in [2.75, 3.05) is 34.8 Å². The van der Waals surface area contributed by atoms with E-state index in [1.807, 2.05) is 30.5 Å². The van der Waals surface area contributed by atoms with E-state index in [1.54, 1.807) is 32.3 Å². The Hall–Kier alpha value is -3.71. The van der Waals surface area contributed by atoms with Crippen LogP contribution in [0.1, 0.15) is 21.5 Å². The van der Waals surface area contributed by atoms with Crippen molar-refractivity contribution >= 4 is 17.1 Å². The minimum atomic E-state index is -0.0184. The Morgan fingerprint density at radius 2 is 1.94 bits per heavy atom. The van der Waals surface area contributed by atoms with Crippen LogP contribution in [0.4, 0.5) is 0 Å². The molecule has 33 heavy (non-hydrogen) atoms. The molecule has 1 amide bonds. The number of likely N-dealkylation sites (N-methyl/N-ethyl adjacent to an activating group) is 1. The highest BCUT2D eigenvalue weighted by molar-refractivity contribution is 5.96. The normalized spacial score (nSPS) is 13.7. The zero-order valence-electron chi connectivity index (χ0n) is 19.3. The van der Waals surface area contributed by atoms with Gasteiger partial charge in [0.15, 0.2) is 5.65 Å². The van der Waals surface area contributed by atoms with Gasteiger partial charge in [-0.25, -0.2) is 9.97 Å². The van der Waals surface area contributed by atoms with Gasteiger partial charge in [0.25, 0.3) is 5.91 Å². The van der Waals surface area contributed by atoms with Crippen LogP contribution in [-0.4, -0.2) is 65.5 Å². The van der Waals surface area contributed by atoms with Gasteiger partial charge in [-0.15, -0.1) is 0 Å².